The van der Waals surface area contributed by atoms with Gasteiger partial charge in [0.1, 0.15) is 0 Å². The molecule has 1 amide bonds. The van der Waals surface area contributed by atoms with Crippen LogP contribution in [0.5, 0.6) is 0 Å². The van der Waals surface area contributed by atoms with Crippen molar-refractivity contribution in [2.75, 3.05) is 6.54 Å². The largest absolute Gasteiger partial charge is 0.388 e. The quantitative estimate of drug-likeness (QED) is 0.547. The van der Waals surface area contributed by atoms with Gasteiger partial charge in [0.15, 0.2) is 0 Å². The van der Waals surface area contributed by atoms with Crippen molar-refractivity contribution in [2.45, 2.75) is 38.2 Å². The second-order valence-corrected chi connectivity index (χ2v) is 8.84. The lowest BCUT2D eigenvalue weighted by Gasteiger charge is -2.23. The molecule has 1 aromatic carbocycles. The monoisotopic (exact) mass is 435 g/mol. The maximum absolute atomic E-state index is 12.8. The van der Waals surface area contributed by atoms with Crippen LogP contribution in [0.15, 0.2) is 61.1 Å². The predicted molar refractivity (Wildman–Crippen MR) is 122 cm³/mol. The summed E-state index contributed by atoms with van der Waals surface area (Å²) in [5.41, 5.74) is 3.51. The summed E-state index contributed by atoms with van der Waals surface area (Å²) in [5.74, 6) is 0.0350. The van der Waals surface area contributed by atoms with Gasteiger partial charge < -0.3 is 10.4 Å². The molecule has 1 fully saturated rings. The first-order valence-electron chi connectivity index (χ1n) is 10.6. The van der Waals surface area contributed by atoms with E-state index < -0.39 is 5.60 Å². The third kappa shape index (κ3) is 5.49. The average Bonchev–Trinajstić information content (AvgIpc) is 3.64. The number of rotatable bonds is 8. The molecule has 3 aromatic rings. The molecule has 0 saturated heterocycles. The summed E-state index contributed by atoms with van der Waals surface area (Å²) in [4.78, 5) is 21.6. The Hall–Kier alpha value is -2.76. The van der Waals surface area contributed by atoms with Crippen molar-refractivity contribution in [2.24, 2.45) is 5.92 Å². The number of halogens is 1. The number of hydrogen-bond acceptors (Lipinski definition) is 4. The molecule has 31 heavy (non-hydrogen) atoms. The van der Waals surface area contributed by atoms with Crippen LogP contribution in [0.3, 0.4) is 0 Å². The number of pyridine rings is 2. The summed E-state index contributed by atoms with van der Waals surface area (Å²) in [5, 5.41) is 14.0. The van der Waals surface area contributed by atoms with Crippen LogP contribution in [0.4, 0.5) is 0 Å². The van der Waals surface area contributed by atoms with Gasteiger partial charge in [-0.2, -0.15) is 0 Å². The zero-order valence-electron chi connectivity index (χ0n) is 17.5. The second kappa shape index (κ2) is 9.16. The smallest absolute Gasteiger partial charge is 0.252 e. The molecular weight excluding hydrogens is 410 g/mol. The summed E-state index contributed by atoms with van der Waals surface area (Å²) in [7, 11) is 0. The van der Waals surface area contributed by atoms with E-state index in [1.807, 2.05) is 48.7 Å². The Labute approximate surface area is 187 Å². The van der Waals surface area contributed by atoms with Crippen LogP contribution in [0.25, 0.3) is 11.1 Å². The van der Waals surface area contributed by atoms with E-state index in [1.165, 1.54) is 0 Å². The van der Waals surface area contributed by atoms with Crippen LogP contribution >= 0.6 is 11.6 Å². The highest BCUT2D eigenvalue weighted by Gasteiger charge is 2.40. The SMILES string of the molecule is CC(O)(CNC(=O)c1cnc(CCc2cccnc2)c(-c2ccc(Cl)cc2)c1)C1CC1. The molecule has 0 bridgehead atoms. The number of aromatic nitrogens is 2. The van der Waals surface area contributed by atoms with Crippen molar-refractivity contribution >= 4 is 17.5 Å². The molecule has 1 unspecified atom stereocenters. The first-order valence-corrected chi connectivity index (χ1v) is 10.9. The van der Waals surface area contributed by atoms with Crippen LogP contribution in [-0.4, -0.2) is 33.1 Å². The summed E-state index contributed by atoms with van der Waals surface area (Å²) < 4.78 is 0. The molecule has 2 aromatic heterocycles. The lowest BCUT2D eigenvalue weighted by atomic mass is 9.98. The van der Waals surface area contributed by atoms with Crippen LogP contribution in [0.1, 0.15) is 41.4 Å². The molecule has 2 N–H and O–H groups in total. The highest BCUT2D eigenvalue weighted by atomic mass is 35.5. The number of hydrogen-bond donors (Lipinski definition) is 2. The van der Waals surface area contributed by atoms with Gasteiger partial charge in [-0.05, 0) is 73.9 Å². The Morgan fingerprint density at radius 1 is 1.19 bits per heavy atom. The van der Waals surface area contributed by atoms with Crippen LogP contribution in [0.2, 0.25) is 5.02 Å². The van der Waals surface area contributed by atoms with Gasteiger partial charge in [0.2, 0.25) is 0 Å². The van der Waals surface area contributed by atoms with E-state index in [0.717, 1.165) is 48.1 Å². The first-order chi connectivity index (χ1) is 14.9. The standard InChI is InChI=1S/C25H26ClN3O2/c1-25(31,20-7-8-20)16-29-24(30)19-13-22(18-5-9-21(26)10-6-18)23(28-15-19)11-4-17-3-2-12-27-14-17/h2-3,5-6,9-10,12-15,20,31H,4,7-8,11,16H2,1H3,(H,29,30). The van der Waals surface area contributed by atoms with E-state index in [2.05, 4.69) is 15.3 Å². The highest BCUT2D eigenvalue weighted by molar-refractivity contribution is 6.30. The minimum absolute atomic E-state index is 0.232. The zero-order valence-corrected chi connectivity index (χ0v) is 18.3. The minimum Gasteiger partial charge on any atom is -0.388 e. The van der Waals surface area contributed by atoms with Crippen molar-refractivity contribution in [1.29, 1.82) is 0 Å². The zero-order chi connectivity index (χ0) is 21.8. The molecule has 1 saturated carbocycles. The first kappa shape index (κ1) is 21.5. The predicted octanol–water partition coefficient (Wildman–Crippen LogP) is 4.47. The van der Waals surface area contributed by atoms with E-state index in [9.17, 15) is 9.90 Å². The van der Waals surface area contributed by atoms with Crippen molar-refractivity contribution in [3.05, 3.63) is 82.9 Å². The second-order valence-electron chi connectivity index (χ2n) is 8.40. The topological polar surface area (TPSA) is 75.1 Å². The van der Waals surface area contributed by atoms with Gasteiger partial charge in [-0.25, -0.2) is 0 Å². The minimum atomic E-state index is -0.869. The summed E-state index contributed by atoms with van der Waals surface area (Å²) in [6.07, 6.45) is 8.77. The van der Waals surface area contributed by atoms with Gasteiger partial charge in [0.25, 0.3) is 5.91 Å². The molecule has 2 heterocycles. The Morgan fingerprint density at radius 2 is 1.97 bits per heavy atom. The number of benzene rings is 1. The van der Waals surface area contributed by atoms with E-state index in [-0.39, 0.29) is 18.4 Å². The molecule has 1 aliphatic rings. The molecular formula is C25H26ClN3O2. The molecule has 5 nitrogen and oxygen atoms in total. The molecule has 4 rings (SSSR count). The number of nitrogens with one attached hydrogen (secondary N) is 1. The maximum Gasteiger partial charge on any atom is 0.252 e. The maximum atomic E-state index is 12.8. The Bertz CT molecular complexity index is 1050. The molecule has 160 valence electrons. The number of nitrogens with zero attached hydrogens (tertiary/aromatic N) is 2. The van der Waals surface area contributed by atoms with Gasteiger partial charge in [-0.15, -0.1) is 0 Å². The lowest BCUT2D eigenvalue weighted by Crippen LogP contribution is -2.42. The summed E-state index contributed by atoms with van der Waals surface area (Å²) in [6.45, 7) is 2.01. The number of aryl methyl sites for hydroxylation is 2. The van der Waals surface area contributed by atoms with Gasteiger partial charge in [-0.1, -0.05) is 29.8 Å². The van der Waals surface area contributed by atoms with Gasteiger partial charge in [-0.3, -0.25) is 14.8 Å². The van der Waals surface area contributed by atoms with Crippen molar-refractivity contribution in [1.82, 2.24) is 15.3 Å². The molecule has 0 spiro atoms. The Morgan fingerprint density at radius 3 is 2.65 bits per heavy atom. The van der Waals surface area contributed by atoms with Crippen molar-refractivity contribution in [3.63, 3.8) is 0 Å². The number of carbonyl (C=O) groups is 1. The van der Waals surface area contributed by atoms with Crippen LogP contribution < -0.4 is 5.32 Å². The fourth-order valence-corrected chi connectivity index (χ4v) is 3.84. The molecule has 0 radical (unpaired) electrons. The number of amides is 1. The average molecular weight is 436 g/mol. The normalized spacial score (nSPS) is 15.3. The Balaban J connectivity index is 1.56. The fraction of sp³-hybridized carbons (Fsp3) is 0.320. The molecule has 1 aliphatic carbocycles. The van der Waals surface area contributed by atoms with E-state index in [4.69, 9.17) is 11.6 Å². The highest BCUT2D eigenvalue weighted by Crippen LogP contribution is 2.39. The number of aliphatic hydroxyl groups is 1. The van der Waals surface area contributed by atoms with Crippen molar-refractivity contribution in [3.8, 4) is 11.1 Å². The van der Waals surface area contributed by atoms with Gasteiger partial charge >= 0.3 is 0 Å². The Kier molecular flexibility index (Phi) is 6.35. The van der Waals surface area contributed by atoms with Crippen LogP contribution in [0, 0.1) is 5.92 Å². The van der Waals surface area contributed by atoms with Gasteiger partial charge in [0.05, 0.1) is 11.2 Å². The van der Waals surface area contributed by atoms with E-state index >= 15 is 0 Å². The summed E-state index contributed by atoms with van der Waals surface area (Å²) >= 11 is 6.07. The summed E-state index contributed by atoms with van der Waals surface area (Å²) in [6, 6.07) is 13.4. The van der Waals surface area contributed by atoms with Crippen molar-refractivity contribution < 1.29 is 9.90 Å². The third-order valence-corrected chi connectivity index (χ3v) is 6.08. The number of carbonyl (C=O) groups excluding carboxylic acids is 1. The molecule has 1 atom stereocenters. The molecule has 0 aliphatic heterocycles. The van der Waals surface area contributed by atoms with Crippen LogP contribution in [-0.2, 0) is 12.8 Å². The third-order valence-electron chi connectivity index (χ3n) is 5.82. The van der Waals surface area contributed by atoms with E-state index in [1.54, 1.807) is 19.3 Å². The van der Waals surface area contributed by atoms with Gasteiger partial charge in [0, 0.05) is 41.4 Å². The van der Waals surface area contributed by atoms with E-state index in [0.29, 0.717) is 10.6 Å². The lowest BCUT2D eigenvalue weighted by molar-refractivity contribution is 0.0354. The fourth-order valence-electron chi connectivity index (χ4n) is 3.72. The molecule has 6 heteroatoms.